The summed E-state index contributed by atoms with van der Waals surface area (Å²) in [5.74, 6) is -3.06. The fourth-order valence-corrected chi connectivity index (χ4v) is 4.83. The van der Waals surface area contributed by atoms with Crippen LogP contribution in [0.25, 0.3) is 0 Å². The highest BCUT2D eigenvalue weighted by Gasteiger charge is 2.40. The van der Waals surface area contributed by atoms with Crippen molar-refractivity contribution in [2.45, 2.75) is 51.2 Å². The Hall–Kier alpha value is -3.15. The van der Waals surface area contributed by atoms with Crippen LogP contribution in [0.4, 0.5) is 30.7 Å². The second-order valence-electron chi connectivity index (χ2n) is 9.57. The summed E-state index contributed by atoms with van der Waals surface area (Å²) < 4.78 is 93.3. The highest BCUT2D eigenvalue weighted by molar-refractivity contribution is 5.83. The molecule has 0 bridgehead atoms. The number of benzene rings is 2. The number of carbonyl (C=O) groups is 2. The standard InChI is InChI=1S/C26H27F7N2O3/c1-14-8-19(27)4-5-20(14)22-13-35(23(37)15(2)36)7-6-21(22)24(38)34(3)12-16-9-17(25(28,29)30)11-18(10-16)26(31,32)33/h4-5,8-11,15,21-22,36H,6-7,12-13H2,1-3H3. The van der Waals surface area contributed by atoms with E-state index in [1.807, 2.05) is 0 Å². The molecule has 1 fully saturated rings. The van der Waals surface area contributed by atoms with E-state index >= 15 is 0 Å². The van der Waals surface area contributed by atoms with Gasteiger partial charge in [0.1, 0.15) is 11.9 Å². The van der Waals surface area contributed by atoms with Crippen molar-refractivity contribution in [2.75, 3.05) is 20.1 Å². The van der Waals surface area contributed by atoms with Crippen LogP contribution in [0.3, 0.4) is 0 Å². The normalized spacial score (nSPS) is 19.3. The van der Waals surface area contributed by atoms with Gasteiger partial charge in [-0.05, 0) is 67.3 Å². The van der Waals surface area contributed by atoms with Gasteiger partial charge in [-0.15, -0.1) is 0 Å². The second-order valence-corrected chi connectivity index (χ2v) is 9.57. The fraction of sp³-hybridized carbons (Fsp3) is 0.462. The molecule has 2 amide bonds. The first-order valence-electron chi connectivity index (χ1n) is 11.7. The molecule has 12 heteroatoms. The minimum absolute atomic E-state index is 0.0161. The van der Waals surface area contributed by atoms with Gasteiger partial charge in [-0.25, -0.2) is 4.39 Å². The summed E-state index contributed by atoms with van der Waals surface area (Å²) in [6, 6.07) is 5.11. The molecule has 1 aliphatic heterocycles. The van der Waals surface area contributed by atoms with Crippen molar-refractivity contribution in [1.82, 2.24) is 9.80 Å². The van der Waals surface area contributed by atoms with Crippen LogP contribution in [0, 0.1) is 18.7 Å². The first-order valence-corrected chi connectivity index (χ1v) is 11.7. The summed E-state index contributed by atoms with van der Waals surface area (Å²) in [6.45, 7) is 2.53. The maximum Gasteiger partial charge on any atom is 0.416 e. The van der Waals surface area contributed by atoms with Crippen molar-refractivity contribution in [3.63, 3.8) is 0 Å². The summed E-state index contributed by atoms with van der Waals surface area (Å²) in [5, 5.41) is 9.73. The Balaban J connectivity index is 1.93. The van der Waals surface area contributed by atoms with Crippen molar-refractivity contribution in [1.29, 1.82) is 0 Å². The van der Waals surface area contributed by atoms with Crippen molar-refractivity contribution in [2.24, 2.45) is 5.92 Å². The number of nitrogens with zero attached hydrogens (tertiary/aromatic N) is 2. The minimum atomic E-state index is -5.02. The molecule has 1 heterocycles. The van der Waals surface area contributed by atoms with Crippen LogP contribution < -0.4 is 0 Å². The van der Waals surface area contributed by atoms with Crippen LogP contribution in [0.1, 0.15) is 47.1 Å². The summed E-state index contributed by atoms with van der Waals surface area (Å²) in [7, 11) is 1.28. The number of rotatable bonds is 5. The van der Waals surface area contributed by atoms with E-state index in [0.29, 0.717) is 23.3 Å². The van der Waals surface area contributed by atoms with Gasteiger partial charge in [0.05, 0.1) is 11.1 Å². The molecule has 1 N–H and O–H groups in total. The Morgan fingerprint density at radius 3 is 2.13 bits per heavy atom. The summed E-state index contributed by atoms with van der Waals surface area (Å²) >= 11 is 0. The first-order chi connectivity index (χ1) is 17.5. The zero-order valence-electron chi connectivity index (χ0n) is 20.8. The highest BCUT2D eigenvalue weighted by Crippen LogP contribution is 2.38. The smallest absolute Gasteiger partial charge is 0.384 e. The molecule has 0 aliphatic carbocycles. The van der Waals surface area contributed by atoms with Gasteiger partial charge in [0.2, 0.25) is 5.91 Å². The SMILES string of the molecule is Cc1cc(F)ccc1C1CN(C(=O)C(C)O)CCC1C(=O)N(C)Cc1cc(C(F)(F)F)cc(C(F)(F)F)c1. The van der Waals surface area contributed by atoms with Gasteiger partial charge in [-0.2, -0.15) is 26.3 Å². The molecule has 2 aromatic carbocycles. The maximum atomic E-state index is 13.8. The zero-order chi connectivity index (χ0) is 28.6. The zero-order valence-corrected chi connectivity index (χ0v) is 20.8. The molecule has 0 radical (unpaired) electrons. The highest BCUT2D eigenvalue weighted by atomic mass is 19.4. The molecule has 38 heavy (non-hydrogen) atoms. The number of likely N-dealkylation sites (tertiary alicyclic amines) is 1. The van der Waals surface area contributed by atoms with Gasteiger partial charge in [-0.3, -0.25) is 9.59 Å². The number of hydrogen-bond donors (Lipinski definition) is 1. The number of aliphatic hydroxyl groups excluding tert-OH is 1. The van der Waals surface area contributed by atoms with E-state index in [1.54, 1.807) is 6.92 Å². The number of amides is 2. The molecular weight excluding hydrogens is 521 g/mol. The molecule has 3 unspecified atom stereocenters. The van der Waals surface area contributed by atoms with Crippen molar-refractivity contribution in [3.05, 3.63) is 70.0 Å². The number of aliphatic hydroxyl groups is 1. The third-order valence-electron chi connectivity index (χ3n) is 6.67. The van der Waals surface area contributed by atoms with Crippen LogP contribution >= 0.6 is 0 Å². The molecule has 2 aromatic rings. The molecule has 1 saturated heterocycles. The molecular formula is C26H27F7N2O3. The average Bonchev–Trinajstić information content (AvgIpc) is 2.81. The van der Waals surface area contributed by atoms with E-state index in [9.17, 15) is 45.4 Å². The van der Waals surface area contributed by atoms with Crippen molar-refractivity contribution < 1.29 is 45.4 Å². The lowest BCUT2D eigenvalue weighted by Gasteiger charge is -2.40. The van der Waals surface area contributed by atoms with Crippen LogP contribution in [-0.2, 0) is 28.5 Å². The number of piperidine rings is 1. The van der Waals surface area contributed by atoms with Gasteiger partial charge >= 0.3 is 12.4 Å². The monoisotopic (exact) mass is 548 g/mol. The molecule has 3 atom stereocenters. The van der Waals surface area contributed by atoms with E-state index in [2.05, 4.69) is 0 Å². The topological polar surface area (TPSA) is 60.9 Å². The lowest BCUT2D eigenvalue weighted by atomic mass is 9.78. The Labute approximate surface area is 214 Å². The largest absolute Gasteiger partial charge is 0.416 e. The minimum Gasteiger partial charge on any atom is -0.384 e. The third kappa shape index (κ3) is 6.64. The van der Waals surface area contributed by atoms with E-state index in [1.165, 1.54) is 37.1 Å². The van der Waals surface area contributed by atoms with Gasteiger partial charge in [0, 0.05) is 38.5 Å². The first kappa shape index (κ1) is 29.4. The van der Waals surface area contributed by atoms with Crippen molar-refractivity contribution >= 4 is 11.8 Å². The Kier molecular flexibility index (Phi) is 8.45. The quantitative estimate of drug-likeness (QED) is 0.527. The number of hydrogen-bond acceptors (Lipinski definition) is 3. The Bertz CT molecular complexity index is 1160. The molecule has 0 spiro atoms. The lowest BCUT2D eigenvalue weighted by Crippen LogP contribution is -2.49. The van der Waals surface area contributed by atoms with Gasteiger partial charge in [0.15, 0.2) is 0 Å². The van der Waals surface area contributed by atoms with Crippen LogP contribution in [0.15, 0.2) is 36.4 Å². The van der Waals surface area contributed by atoms with Crippen LogP contribution in [0.5, 0.6) is 0 Å². The van der Waals surface area contributed by atoms with Crippen LogP contribution in [0.2, 0.25) is 0 Å². The second kappa shape index (κ2) is 10.9. The third-order valence-corrected chi connectivity index (χ3v) is 6.67. The molecule has 5 nitrogen and oxygen atoms in total. The molecule has 3 rings (SSSR count). The molecule has 0 aromatic heterocycles. The Morgan fingerprint density at radius 1 is 1.05 bits per heavy atom. The summed E-state index contributed by atoms with van der Waals surface area (Å²) in [6.07, 6.45) is -11.2. The molecule has 0 saturated carbocycles. The van der Waals surface area contributed by atoms with E-state index in [-0.39, 0.29) is 31.1 Å². The molecule has 208 valence electrons. The van der Waals surface area contributed by atoms with Gasteiger partial charge in [0.25, 0.3) is 5.91 Å². The van der Waals surface area contributed by atoms with E-state index in [0.717, 1.165) is 4.90 Å². The van der Waals surface area contributed by atoms with Gasteiger partial charge in [-0.1, -0.05) is 6.07 Å². The summed E-state index contributed by atoms with van der Waals surface area (Å²) in [4.78, 5) is 28.4. The van der Waals surface area contributed by atoms with E-state index < -0.39 is 65.6 Å². The lowest BCUT2D eigenvalue weighted by molar-refractivity contribution is -0.145. The summed E-state index contributed by atoms with van der Waals surface area (Å²) in [5.41, 5.74) is -2.23. The molecule has 1 aliphatic rings. The van der Waals surface area contributed by atoms with Crippen molar-refractivity contribution in [3.8, 4) is 0 Å². The van der Waals surface area contributed by atoms with E-state index in [4.69, 9.17) is 0 Å². The number of halogens is 7. The fourth-order valence-electron chi connectivity index (χ4n) is 4.83. The Morgan fingerprint density at radius 2 is 1.63 bits per heavy atom. The predicted molar refractivity (Wildman–Crippen MR) is 123 cm³/mol. The predicted octanol–water partition coefficient (Wildman–Crippen LogP) is 5.14. The van der Waals surface area contributed by atoms with Crippen LogP contribution in [-0.4, -0.2) is 53.0 Å². The number of aryl methyl sites for hydroxylation is 1. The van der Waals surface area contributed by atoms with Gasteiger partial charge < -0.3 is 14.9 Å². The average molecular weight is 548 g/mol. The number of carbonyl (C=O) groups excluding carboxylic acids is 2. The maximum absolute atomic E-state index is 13.8. The number of alkyl halides is 6.